The van der Waals surface area contributed by atoms with Gasteiger partial charge in [0, 0.05) is 11.8 Å². The first kappa shape index (κ1) is 34.4. The highest BCUT2D eigenvalue weighted by Gasteiger charge is 2.59. The van der Waals surface area contributed by atoms with E-state index in [-0.39, 0.29) is 24.7 Å². The topological polar surface area (TPSA) is 93.1 Å². The van der Waals surface area contributed by atoms with Gasteiger partial charge >= 0.3 is 11.9 Å². The Bertz CT molecular complexity index is 1250. The summed E-state index contributed by atoms with van der Waals surface area (Å²) in [5, 5.41) is 19.9. The smallest absolute Gasteiger partial charge is 0.310 e. The molecule has 1 aliphatic rings. The number of aromatic hydroxyl groups is 2. The molecule has 0 heterocycles. The van der Waals surface area contributed by atoms with Crippen molar-refractivity contribution < 1.29 is 29.3 Å². The molecule has 236 valence electrons. The van der Waals surface area contributed by atoms with E-state index in [1.54, 1.807) is 48.5 Å². The van der Waals surface area contributed by atoms with Crippen molar-refractivity contribution in [3.63, 3.8) is 0 Å². The lowest BCUT2D eigenvalue weighted by Gasteiger charge is -2.49. The fraction of sp³-hybridized carbons (Fsp3) is 0.421. The Morgan fingerprint density at radius 2 is 0.932 bits per heavy atom. The molecule has 0 amide bonds. The highest BCUT2D eigenvalue weighted by atomic mass is 16.5. The van der Waals surface area contributed by atoms with E-state index in [0.717, 1.165) is 48.0 Å². The molecule has 0 atom stereocenters. The van der Waals surface area contributed by atoms with Gasteiger partial charge in [0.15, 0.2) is 0 Å². The Balaban J connectivity index is 1.85. The van der Waals surface area contributed by atoms with Crippen molar-refractivity contribution in [1.29, 1.82) is 0 Å². The quantitative estimate of drug-likeness (QED) is 0.166. The van der Waals surface area contributed by atoms with Gasteiger partial charge in [0.05, 0.1) is 11.8 Å². The number of carbonyl (C=O) groups excluding carboxylic acids is 2. The van der Waals surface area contributed by atoms with Gasteiger partial charge in [-0.15, -0.1) is 0 Å². The number of esters is 2. The van der Waals surface area contributed by atoms with Crippen LogP contribution >= 0.6 is 0 Å². The molecule has 0 spiro atoms. The minimum atomic E-state index is -0.651. The number of rotatable bonds is 14. The first-order valence-corrected chi connectivity index (χ1v) is 15.5. The van der Waals surface area contributed by atoms with Crippen LogP contribution in [-0.2, 0) is 19.1 Å². The molecular formula is C38H48O6. The number of phenolic OH excluding ortho intramolecular Hbond substituents is 2. The van der Waals surface area contributed by atoms with E-state index in [0.29, 0.717) is 0 Å². The summed E-state index contributed by atoms with van der Waals surface area (Å²) in [5.41, 5.74) is 6.33. The molecule has 0 saturated heterocycles. The molecule has 0 bridgehead atoms. The highest BCUT2D eigenvalue weighted by molar-refractivity contribution is 5.85. The molecular weight excluding hydrogens is 552 g/mol. The summed E-state index contributed by atoms with van der Waals surface area (Å²) in [6.45, 7) is 12.6. The van der Waals surface area contributed by atoms with E-state index in [4.69, 9.17) is 9.47 Å². The molecule has 0 aromatic heterocycles. The summed E-state index contributed by atoms with van der Waals surface area (Å²) in [5.74, 6) is -2.89. The number of benzene rings is 2. The first-order chi connectivity index (χ1) is 21.0. The third-order valence-electron chi connectivity index (χ3n) is 8.15. The predicted octanol–water partition coefficient (Wildman–Crippen LogP) is 8.68. The standard InChI is InChI=1S/C38H48O6/c1-25(2)9-7-11-27(5)21-23-43-37(41)35-33(29-13-17-31(39)18-14-29)36(34(35)30-15-19-32(40)20-16-30)38(42)44-24-22-28(6)12-8-10-26(3)4/h9-10,13-22,33-36,39-40H,7-8,11-12,23-24H2,1-6H3/b27-21+,28-22+. The summed E-state index contributed by atoms with van der Waals surface area (Å²) in [6.07, 6.45) is 11.9. The van der Waals surface area contributed by atoms with Crippen molar-refractivity contribution in [2.45, 2.75) is 79.1 Å². The molecule has 44 heavy (non-hydrogen) atoms. The fourth-order valence-electron chi connectivity index (χ4n) is 5.66. The Morgan fingerprint density at radius 3 is 1.25 bits per heavy atom. The van der Waals surface area contributed by atoms with E-state index in [9.17, 15) is 19.8 Å². The van der Waals surface area contributed by atoms with Gasteiger partial charge in [0.2, 0.25) is 0 Å². The number of hydrogen-bond acceptors (Lipinski definition) is 6. The third kappa shape index (κ3) is 10.0. The molecule has 1 saturated carbocycles. The van der Waals surface area contributed by atoms with Crippen molar-refractivity contribution in [2.24, 2.45) is 11.8 Å². The van der Waals surface area contributed by atoms with Crippen molar-refractivity contribution in [3.05, 3.63) is 106 Å². The zero-order valence-electron chi connectivity index (χ0n) is 27.0. The molecule has 2 aromatic carbocycles. The van der Waals surface area contributed by atoms with Gasteiger partial charge in [-0.1, -0.05) is 58.7 Å². The number of hydrogen-bond donors (Lipinski definition) is 2. The fourth-order valence-corrected chi connectivity index (χ4v) is 5.66. The van der Waals surface area contributed by atoms with E-state index >= 15 is 0 Å². The average Bonchev–Trinajstić information content (AvgIpc) is 2.94. The van der Waals surface area contributed by atoms with Crippen LogP contribution in [-0.4, -0.2) is 35.4 Å². The number of allylic oxidation sites excluding steroid dienone is 6. The van der Waals surface area contributed by atoms with E-state index in [2.05, 4.69) is 39.8 Å². The third-order valence-corrected chi connectivity index (χ3v) is 8.15. The first-order valence-electron chi connectivity index (χ1n) is 15.5. The summed E-state index contributed by atoms with van der Waals surface area (Å²) in [4.78, 5) is 27.4. The Labute approximate surface area is 262 Å². The van der Waals surface area contributed by atoms with Crippen molar-refractivity contribution >= 4 is 11.9 Å². The SMILES string of the molecule is CC(C)=CCC/C(C)=C/COC(=O)C1C(c2ccc(O)cc2)C(C(=O)OC/C=C(\C)CCC=C(C)C)C1c1ccc(O)cc1. The maximum atomic E-state index is 13.7. The van der Waals surface area contributed by atoms with Gasteiger partial charge in [-0.2, -0.15) is 0 Å². The second-order valence-corrected chi connectivity index (χ2v) is 12.3. The minimum Gasteiger partial charge on any atom is -0.508 e. The molecule has 0 unspecified atom stereocenters. The highest BCUT2D eigenvalue weighted by Crippen LogP contribution is 2.58. The molecule has 1 aliphatic carbocycles. The maximum Gasteiger partial charge on any atom is 0.310 e. The molecule has 3 rings (SSSR count). The van der Waals surface area contributed by atoms with Gasteiger partial charge in [0.1, 0.15) is 24.7 Å². The van der Waals surface area contributed by atoms with E-state index in [1.807, 2.05) is 26.0 Å². The maximum absolute atomic E-state index is 13.7. The molecule has 0 radical (unpaired) electrons. The van der Waals surface area contributed by atoms with Gasteiger partial charge in [-0.05, 0) is 115 Å². The van der Waals surface area contributed by atoms with Crippen LogP contribution in [0.1, 0.15) is 90.2 Å². The lowest BCUT2D eigenvalue weighted by molar-refractivity contribution is -0.166. The second kappa shape index (κ2) is 16.7. The molecule has 2 aromatic rings. The largest absolute Gasteiger partial charge is 0.508 e. The van der Waals surface area contributed by atoms with E-state index < -0.39 is 35.6 Å². The predicted molar refractivity (Wildman–Crippen MR) is 175 cm³/mol. The Hall–Kier alpha value is -4.06. The van der Waals surface area contributed by atoms with Crippen molar-refractivity contribution in [1.82, 2.24) is 0 Å². The monoisotopic (exact) mass is 600 g/mol. The molecule has 6 heteroatoms. The van der Waals surface area contributed by atoms with Crippen LogP contribution in [0.2, 0.25) is 0 Å². The lowest BCUT2D eigenvalue weighted by atomic mass is 9.52. The summed E-state index contributed by atoms with van der Waals surface area (Å²) in [6, 6.07) is 13.2. The summed E-state index contributed by atoms with van der Waals surface area (Å²) >= 11 is 0. The number of phenols is 2. The Kier molecular flexibility index (Phi) is 13.1. The molecule has 1 fully saturated rings. The van der Waals surface area contributed by atoms with Crippen LogP contribution in [0.5, 0.6) is 11.5 Å². The van der Waals surface area contributed by atoms with Gasteiger partial charge in [0.25, 0.3) is 0 Å². The van der Waals surface area contributed by atoms with Gasteiger partial charge < -0.3 is 19.7 Å². The number of carbonyl (C=O) groups is 2. The van der Waals surface area contributed by atoms with Crippen LogP contribution in [0.4, 0.5) is 0 Å². The molecule has 6 nitrogen and oxygen atoms in total. The van der Waals surface area contributed by atoms with Crippen molar-refractivity contribution in [3.8, 4) is 11.5 Å². The molecule has 0 aliphatic heterocycles. The summed E-state index contributed by atoms with van der Waals surface area (Å²) < 4.78 is 11.6. The Morgan fingerprint density at radius 1 is 0.591 bits per heavy atom. The molecule has 2 N–H and O–H groups in total. The van der Waals surface area contributed by atoms with E-state index in [1.165, 1.54) is 11.1 Å². The number of ether oxygens (including phenoxy) is 2. The van der Waals surface area contributed by atoms with Gasteiger partial charge in [-0.25, -0.2) is 0 Å². The van der Waals surface area contributed by atoms with Crippen molar-refractivity contribution in [2.75, 3.05) is 13.2 Å². The van der Waals surface area contributed by atoms with Gasteiger partial charge in [-0.3, -0.25) is 9.59 Å². The average molecular weight is 601 g/mol. The zero-order chi connectivity index (χ0) is 32.2. The van der Waals surface area contributed by atoms with Crippen LogP contribution in [0.15, 0.2) is 95.1 Å². The lowest BCUT2D eigenvalue weighted by Crippen LogP contribution is -2.52. The van der Waals surface area contributed by atoms with Crippen LogP contribution < -0.4 is 0 Å². The summed E-state index contributed by atoms with van der Waals surface area (Å²) in [7, 11) is 0. The van der Waals surface area contributed by atoms with Crippen LogP contribution in [0.3, 0.4) is 0 Å². The second-order valence-electron chi connectivity index (χ2n) is 12.3. The minimum absolute atomic E-state index is 0.101. The normalized spacial score (nSPS) is 19.9. The van der Waals surface area contributed by atoms with Crippen LogP contribution in [0, 0.1) is 11.8 Å². The van der Waals surface area contributed by atoms with Crippen LogP contribution in [0.25, 0.3) is 0 Å². The zero-order valence-corrected chi connectivity index (χ0v) is 27.0.